The number of hydrogen-bond acceptors (Lipinski definition) is 3. The summed E-state index contributed by atoms with van der Waals surface area (Å²) in [5, 5.41) is 7.24. The second-order valence-electron chi connectivity index (χ2n) is 4.98. The van der Waals surface area contributed by atoms with Crippen LogP contribution in [-0.4, -0.2) is 21.4 Å². The number of hydrogen-bond donors (Lipinski definition) is 1. The van der Waals surface area contributed by atoms with Crippen molar-refractivity contribution >= 4 is 12.2 Å². The molecule has 112 valence electrons. The van der Waals surface area contributed by atoms with Crippen LogP contribution in [-0.2, 0) is 0 Å². The highest BCUT2D eigenvalue weighted by Gasteiger charge is 2.10. The fraction of sp³-hybridized carbons (Fsp3) is 0.176. The van der Waals surface area contributed by atoms with Crippen molar-refractivity contribution in [1.29, 1.82) is 0 Å². The Morgan fingerprint density at radius 3 is 2.41 bits per heavy atom. The molecule has 4 nitrogen and oxygen atoms in total. The van der Waals surface area contributed by atoms with Gasteiger partial charge in [0.2, 0.25) is 0 Å². The van der Waals surface area contributed by atoms with E-state index in [0.29, 0.717) is 11.4 Å². The van der Waals surface area contributed by atoms with Gasteiger partial charge in [0.25, 0.3) is 0 Å². The number of aromatic amines is 1. The van der Waals surface area contributed by atoms with Gasteiger partial charge in [-0.1, -0.05) is 29.8 Å². The smallest absolute Gasteiger partial charge is 0.200 e. The summed E-state index contributed by atoms with van der Waals surface area (Å²) in [7, 11) is 0. The van der Waals surface area contributed by atoms with Crippen molar-refractivity contribution < 1.29 is 4.74 Å². The van der Waals surface area contributed by atoms with Crippen molar-refractivity contribution in [2.75, 3.05) is 6.61 Å². The van der Waals surface area contributed by atoms with Gasteiger partial charge in [0.05, 0.1) is 12.3 Å². The second kappa shape index (κ2) is 6.15. The maximum atomic E-state index is 5.48. The first kappa shape index (κ1) is 14.5. The van der Waals surface area contributed by atoms with Gasteiger partial charge in [-0.3, -0.25) is 9.67 Å². The van der Waals surface area contributed by atoms with Crippen LogP contribution in [0.15, 0.2) is 48.5 Å². The lowest BCUT2D eigenvalue weighted by Gasteiger charge is -2.09. The summed E-state index contributed by atoms with van der Waals surface area (Å²) in [4.78, 5) is 0. The van der Waals surface area contributed by atoms with Crippen LogP contribution < -0.4 is 4.74 Å². The average Bonchev–Trinajstić information content (AvgIpc) is 2.91. The number of aromatic nitrogens is 3. The van der Waals surface area contributed by atoms with E-state index in [1.165, 1.54) is 5.56 Å². The summed E-state index contributed by atoms with van der Waals surface area (Å²) >= 11 is 5.38. The minimum atomic E-state index is 0.569. The number of nitrogens with zero attached hydrogens (tertiary/aromatic N) is 2. The van der Waals surface area contributed by atoms with Crippen LogP contribution in [0.3, 0.4) is 0 Å². The van der Waals surface area contributed by atoms with E-state index in [1.807, 2.05) is 47.9 Å². The van der Waals surface area contributed by atoms with Gasteiger partial charge in [-0.05, 0) is 50.3 Å². The van der Waals surface area contributed by atoms with E-state index < -0.39 is 0 Å². The van der Waals surface area contributed by atoms with Crippen molar-refractivity contribution in [1.82, 2.24) is 14.8 Å². The van der Waals surface area contributed by atoms with Crippen molar-refractivity contribution in [2.24, 2.45) is 0 Å². The predicted octanol–water partition coefficient (Wildman–Crippen LogP) is 4.30. The Balaban J connectivity index is 2.05. The molecule has 0 amide bonds. The molecule has 0 spiro atoms. The molecule has 0 aliphatic heterocycles. The van der Waals surface area contributed by atoms with Crippen molar-refractivity contribution in [3.63, 3.8) is 0 Å². The highest BCUT2D eigenvalue weighted by molar-refractivity contribution is 7.71. The molecular formula is C17H17N3OS. The molecule has 5 heteroatoms. The molecule has 0 radical (unpaired) electrons. The van der Waals surface area contributed by atoms with E-state index in [-0.39, 0.29) is 0 Å². The predicted molar refractivity (Wildman–Crippen MR) is 90.1 cm³/mol. The molecule has 1 N–H and O–H groups in total. The molecule has 22 heavy (non-hydrogen) atoms. The minimum Gasteiger partial charge on any atom is -0.494 e. The monoisotopic (exact) mass is 311 g/mol. The molecule has 2 aromatic carbocycles. The molecule has 1 heterocycles. The number of nitrogens with one attached hydrogen (secondary N) is 1. The van der Waals surface area contributed by atoms with Gasteiger partial charge in [0.15, 0.2) is 10.6 Å². The normalized spacial score (nSPS) is 10.6. The zero-order valence-electron chi connectivity index (χ0n) is 12.5. The summed E-state index contributed by atoms with van der Waals surface area (Å²) in [6.07, 6.45) is 0. The number of aryl methyl sites for hydroxylation is 1. The van der Waals surface area contributed by atoms with E-state index in [9.17, 15) is 0 Å². The van der Waals surface area contributed by atoms with Gasteiger partial charge in [-0.2, -0.15) is 5.10 Å². The van der Waals surface area contributed by atoms with Gasteiger partial charge < -0.3 is 4.74 Å². The van der Waals surface area contributed by atoms with Crippen LogP contribution in [0, 0.1) is 11.7 Å². The summed E-state index contributed by atoms with van der Waals surface area (Å²) < 4.78 is 7.97. The number of rotatable bonds is 4. The molecule has 3 rings (SSSR count). The van der Waals surface area contributed by atoms with Crippen LogP contribution in [0.4, 0.5) is 0 Å². The Morgan fingerprint density at radius 1 is 1.09 bits per heavy atom. The molecule has 0 bridgehead atoms. The Labute approximate surface area is 134 Å². The van der Waals surface area contributed by atoms with E-state index in [1.54, 1.807) is 0 Å². The number of benzene rings is 2. The van der Waals surface area contributed by atoms with E-state index in [2.05, 4.69) is 29.3 Å². The molecule has 0 aliphatic rings. The minimum absolute atomic E-state index is 0.569. The SMILES string of the molecule is CCOc1ccc(-n2c(-c3ccc(C)cc3)n[nH]c2=S)cc1. The zero-order valence-corrected chi connectivity index (χ0v) is 13.4. The van der Waals surface area contributed by atoms with Gasteiger partial charge in [0, 0.05) is 5.56 Å². The summed E-state index contributed by atoms with van der Waals surface area (Å²) in [6.45, 7) is 4.68. The standard InChI is InChI=1S/C17H17N3OS/c1-3-21-15-10-8-14(9-11-15)20-16(18-19-17(20)22)13-6-4-12(2)5-7-13/h4-11H,3H2,1-2H3,(H,19,22). The number of ether oxygens (including phenoxy) is 1. The van der Waals surface area contributed by atoms with Crippen LogP contribution in [0.25, 0.3) is 17.1 Å². The van der Waals surface area contributed by atoms with Crippen LogP contribution in [0.5, 0.6) is 5.75 Å². The van der Waals surface area contributed by atoms with Crippen LogP contribution in [0.1, 0.15) is 12.5 Å². The molecule has 0 fully saturated rings. The second-order valence-corrected chi connectivity index (χ2v) is 5.37. The van der Waals surface area contributed by atoms with Gasteiger partial charge in [-0.15, -0.1) is 0 Å². The fourth-order valence-electron chi connectivity index (χ4n) is 2.29. The number of H-pyrrole nitrogens is 1. The lowest BCUT2D eigenvalue weighted by Crippen LogP contribution is -1.98. The fourth-order valence-corrected chi connectivity index (χ4v) is 2.53. The molecule has 0 atom stereocenters. The van der Waals surface area contributed by atoms with Crippen LogP contribution in [0.2, 0.25) is 0 Å². The third kappa shape index (κ3) is 2.80. The first-order valence-corrected chi connectivity index (χ1v) is 7.57. The molecular weight excluding hydrogens is 294 g/mol. The average molecular weight is 311 g/mol. The molecule has 0 saturated heterocycles. The van der Waals surface area contributed by atoms with Gasteiger partial charge >= 0.3 is 0 Å². The van der Waals surface area contributed by atoms with Crippen molar-refractivity contribution in [3.8, 4) is 22.8 Å². The Bertz CT molecular complexity index is 816. The maximum absolute atomic E-state index is 5.48. The highest BCUT2D eigenvalue weighted by Crippen LogP contribution is 2.23. The Kier molecular flexibility index (Phi) is 4.06. The van der Waals surface area contributed by atoms with Crippen molar-refractivity contribution in [3.05, 3.63) is 58.9 Å². The largest absolute Gasteiger partial charge is 0.494 e. The Hall–Kier alpha value is -2.40. The van der Waals surface area contributed by atoms with E-state index >= 15 is 0 Å². The molecule has 0 unspecified atom stereocenters. The Morgan fingerprint density at radius 2 is 1.77 bits per heavy atom. The molecule has 3 aromatic rings. The summed E-state index contributed by atoms with van der Waals surface area (Å²) in [5.74, 6) is 1.65. The third-order valence-electron chi connectivity index (χ3n) is 3.39. The topological polar surface area (TPSA) is 42.8 Å². The quantitative estimate of drug-likeness (QED) is 0.730. The lowest BCUT2D eigenvalue weighted by molar-refractivity contribution is 0.340. The zero-order chi connectivity index (χ0) is 15.5. The maximum Gasteiger partial charge on any atom is 0.200 e. The summed E-state index contributed by atoms with van der Waals surface area (Å²) in [5.41, 5.74) is 3.19. The molecule has 0 aliphatic carbocycles. The first-order chi connectivity index (χ1) is 10.7. The lowest BCUT2D eigenvalue weighted by atomic mass is 10.1. The van der Waals surface area contributed by atoms with Gasteiger partial charge in [0.1, 0.15) is 5.75 Å². The third-order valence-corrected chi connectivity index (χ3v) is 3.66. The van der Waals surface area contributed by atoms with E-state index in [0.717, 1.165) is 22.8 Å². The van der Waals surface area contributed by atoms with Gasteiger partial charge in [-0.25, -0.2) is 0 Å². The highest BCUT2D eigenvalue weighted by atomic mass is 32.1. The van der Waals surface area contributed by atoms with E-state index in [4.69, 9.17) is 17.0 Å². The molecule has 1 aromatic heterocycles. The summed E-state index contributed by atoms with van der Waals surface area (Å²) in [6, 6.07) is 16.1. The first-order valence-electron chi connectivity index (χ1n) is 7.16. The van der Waals surface area contributed by atoms with Crippen molar-refractivity contribution in [2.45, 2.75) is 13.8 Å². The van der Waals surface area contributed by atoms with Crippen LogP contribution >= 0.6 is 12.2 Å². The molecule has 0 saturated carbocycles.